The van der Waals surface area contributed by atoms with E-state index >= 15 is 0 Å². The van der Waals surface area contributed by atoms with Crippen LogP contribution in [0.5, 0.6) is 0 Å². The van der Waals surface area contributed by atoms with Gasteiger partial charge in [0.15, 0.2) is 0 Å². The number of hydrogen-bond donors (Lipinski definition) is 0. The molecule has 0 N–H and O–H groups in total. The lowest BCUT2D eigenvalue weighted by Gasteiger charge is -2.15. The molecule has 0 bridgehead atoms. The molecule has 0 heteroatoms. The van der Waals surface area contributed by atoms with Crippen molar-refractivity contribution in [2.75, 3.05) is 0 Å². The molecule has 133 valence electrons. The van der Waals surface area contributed by atoms with Crippen molar-refractivity contribution in [3.63, 3.8) is 0 Å². The van der Waals surface area contributed by atoms with Crippen molar-refractivity contribution in [2.24, 2.45) is 5.92 Å². The van der Waals surface area contributed by atoms with Crippen LogP contribution < -0.4 is 0 Å². The highest BCUT2D eigenvalue weighted by atomic mass is 14.1. The van der Waals surface area contributed by atoms with Crippen LogP contribution in [0.4, 0.5) is 0 Å². The Balaban J connectivity index is 3.30. The number of unbranched alkanes of at least 4 members (excludes halogenated alkanes) is 12. The monoisotopic (exact) mass is 309 g/mol. The fraction of sp³-hybridized carbons (Fsp3) is 0.955. The van der Waals surface area contributed by atoms with Gasteiger partial charge in [0.25, 0.3) is 0 Å². The van der Waals surface area contributed by atoms with Crippen LogP contribution in [-0.2, 0) is 0 Å². The van der Waals surface area contributed by atoms with Gasteiger partial charge in [-0.2, -0.15) is 0 Å². The Bertz CT molecular complexity index is 184. The first-order valence-electron chi connectivity index (χ1n) is 10.6. The summed E-state index contributed by atoms with van der Waals surface area (Å²) in [6.07, 6.45) is 25.7. The Morgan fingerprint density at radius 1 is 0.500 bits per heavy atom. The van der Waals surface area contributed by atoms with Crippen LogP contribution in [0.15, 0.2) is 0 Å². The Morgan fingerprint density at radius 2 is 0.864 bits per heavy atom. The average Bonchev–Trinajstić information content (AvgIpc) is 2.52. The first-order valence-corrected chi connectivity index (χ1v) is 10.6. The first-order chi connectivity index (χ1) is 10.8. The van der Waals surface area contributed by atoms with Crippen molar-refractivity contribution >= 4 is 0 Å². The van der Waals surface area contributed by atoms with Crippen molar-refractivity contribution in [3.8, 4) is 0 Å². The summed E-state index contributed by atoms with van der Waals surface area (Å²) in [6, 6.07) is 0. The molecular formula is C22H45. The van der Waals surface area contributed by atoms with Gasteiger partial charge in [0, 0.05) is 0 Å². The molecule has 0 fully saturated rings. The van der Waals surface area contributed by atoms with Gasteiger partial charge in [-0.05, 0) is 5.92 Å². The SMILES string of the molecule is [CH2]CCC(CCCCC)CCCCCCCCCCCCC. The summed E-state index contributed by atoms with van der Waals surface area (Å²) in [5.41, 5.74) is 0. The Kier molecular flexibility index (Phi) is 19.0. The summed E-state index contributed by atoms with van der Waals surface area (Å²) in [4.78, 5) is 0. The van der Waals surface area contributed by atoms with Crippen molar-refractivity contribution in [1.82, 2.24) is 0 Å². The molecule has 0 rings (SSSR count). The second kappa shape index (κ2) is 19.0. The third-order valence-corrected chi connectivity index (χ3v) is 5.04. The molecule has 1 atom stereocenters. The van der Waals surface area contributed by atoms with Gasteiger partial charge in [0.05, 0.1) is 0 Å². The fourth-order valence-corrected chi connectivity index (χ4v) is 3.50. The minimum Gasteiger partial charge on any atom is -0.0654 e. The maximum Gasteiger partial charge on any atom is -0.0414 e. The molecular weight excluding hydrogens is 264 g/mol. The smallest absolute Gasteiger partial charge is 0.0414 e. The second-order valence-electron chi connectivity index (χ2n) is 7.33. The van der Waals surface area contributed by atoms with E-state index in [1.807, 2.05) is 0 Å². The van der Waals surface area contributed by atoms with E-state index in [1.54, 1.807) is 0 Å². The minimum absolute atomic E-state index is 0.975. The molecule has 0 saturated carbocycles. The fourth-order valence-electron chi connectivity index (χ4n) is 3.50. The molecule has 0 saturated heterocycles. The van der Waals surface area contributed by atoms with Gasteiger partial charge in [0.1, 0.15) is 0 Å². The van der Waals surface area contributed by atoms with Gasteiger partial charge >= 0.3 is 0 Å². The third-order valence-electron chi connectivity index (χ3n) is 5.04. The van der Waals surface area contributed by atoms with Crippen LogP contribution in [0.2, 0.25) is 0 Å². The van der Waals surface area contributed by atoms with Crippen molar-refractivity contribution < 1.29 is 0 Å². The average molecular weight is 310 g/mol. The lowest BCUT2D eigenvalue weighted by atomic mass is 9.91. The van der Waals surface area contributed by atoms with Crippen molar-refractivity contribution in [3.05, 3.63) is 6.92 Å². The van der Waals surface area contributed by atoms with Crippen LogP contribution in [0, 0.1) is 12.8 Å². The highest BCUT2D eigenvalue weighted by Crippen LogP contribution is 2.22. The van der Waals surface area contributed by atoms with Gasteiger partial charge in [-0.1, -0.05) is 136 Å². The van der Waals surface area contributed by atoms with Gasteiger partial charge in [0.2, 0.25) is 0 Å². The molecule has 0 aliphatic carbocycles. The highest BCUT2D eigenvalue weighted by molar-refractivity contribution is 4.61. The van der Waals surface area contributed by atoms with E-state index in [2.05, 4.69) is 20.8 Å². The maximum atomic E-state index is 4.06. The molecule has 0 aromatic heterocycles. The van der Waals surface area contributed by atoms with Gasteiger partial charge in [-0.25, -0.2) is 0 Å². The maximum absolute atomic E-state index is 4.06. The van der Waals surface area contributed by atoms with Crippen LogP contribution >= 0.6 is 0 Å². The third kappa shape index (κ3) is 16.4. The van der Waals surface area contributed by atoms with Crippen molar-refractivity contribution in [1.29, 1.82) is 0 Å². The Hall–Kier alpha value is 0. The van der Waals surface area contributed by atoms with Gasteiger partial charge < -0.3 is 0 Å². The zero-order valence-electron chi connectivity index (χ0n) is 16.0. The van der Waals surface area contributed by atoms with Crippen LogP contribution in [0.3, 0.4) is 0 Å². The quantitative estimate of drug-likeness (QED) is 0.223. The lowest BCUT2D eigenvalue weighted by molar-refractivity contribution is 0.385. The molecule has 0 aromatic rings. The largest absolute Gasteiger partial charge is 0.0654 e. The minimum atomic E-state index is 0.975. The summed E-state index contributed by atoms with van der Waals surface area (Å²) in [7, 11) is 0. The first kappa shape index (κ1) is 22.0. The van der Waals surface area contributed by atoms with Crippen LogP contribution in [-0.4, -0.2) is 0 Å². The number of hydrogen-bond acceptors (Lipinski definition) is 0. The van der Waals surface area contributed by atoms with E-state index in [0.717, 1.165) is 12.3 Å². The van der Waals surface area contributed by atoms with Crippen molar-refractivity contribution in [2.45, 2.75) is 129 Å². The van der Waals surface area contributed by atoms with E-state index in [1.165, 1.54) is 109 Å². The van der Waals surface area contributed by atoms with E-state index in [-0.39, 0.29) is 0 Å². The summed E-state index contributed by atoms with van der Waals surface area (Å²) in [5.74, 6) is 0.975. The Morgan fingerprint density at radius 3 is 1.32 bits per heavy atom. The van der Waals surface area contributed by atoms with E-state index < -0.39 is 0 Å². The molecule has 0 aliphatic heterocycles. The lowest BCUT2D eigenvalue weighted by Crippen LogP contribution is -2.00. The summed E-state index contributed by atoms with van der Waals surface area (Å²) in [6.45, 7) is 8.66. The molecule has 0 aromatic carbocycles. The summed E-state index contributed by atoms with van der Waals surface area (Å²) in [5, 5.41) is 0. The highest BCUT2D eigenvalue weighted by Gasteiger charge is 2.07. The second-order valence-corrected chi connectivity index (χ2v) is 7.33. The Labute approximate surface area is 142 Å². The van der Waals surface area contributed by atoms with Crippen LogP contribution in [0.1, 0.15) is 129 Å². The predicted molar refractivity (Wildman–Crippen MR) is 103 cm³/mol. The molecule has 0 heterocycles. The molecule has 0 nitrogen and oxygen atoms in total. The van der Waals surface area contributed by atoms with E-state index in [0.29, 0.717) is 0 Å². The predicted octanol–water partition coefficient (Wildman–Crippen LogP) is 8.50. The molecule has 0 spiro atoms. The van der Waals surface area contributed by atoms with Gasteiger partial charge in [-0.15, -0.1) is 0 Å². The molecule has 1 unspecified atom stereocenters. The zero-order valence-corrected chi connectivity index (χ0v) is 16.0. The summed E-state index contributed by atoms with van der Waals surface area (Å²) >= 11 is 0. The van der Waals surface area contributed by atoms with Crippen LogP contribution in [0.25, 0.3) is 0 Å². The van der Waals surface area contributed by atoms with E-state index in [9.17, 15) is 0 Å². The van der Waals surface area contributed by atoms with Gasteiger partial charge in [-0.3, -0.25) is 0 Å². The summed E-state index contributed by atoms with van der Waals surface area (Å²) < 4.78 is 0. The normalized spacial score (nSPS) is 12.7. The standard InChI is InChI=1S/C22H45/c1-4-7-9-10-11-12-13-14-15-16-18-21-22(19-6-3)20-17-8-5-2/h22H,3-21H2,1-2H3. The molecule has 22 heavy (non-hydrogen) atoms. The molecule has 0 amide bonds. The molecule has 0 aliphatic rings. The van der Waals surface area contributed by atoms with E-state index in [4.69, 9.17) is 0 Å². The topological polar surface area (TPSA) is 0 Å². The zero-order chi connectivity index (χ0) is 16.3. The number of rotatable bonds is 18. The molecule has 1 radical (unpaired) electrons.